The van der Waals surface area contributed by atoms with Crippen LogP contribution in [0, 0.1) is 5.92 Å². The molecular formula is C18H26N2O3. The van der Waals surface area contributed by atoms with Crippen molar-refractivity contribution in [2.45, 2.75) is 39.2 Å². The maximum atomic E-state index is 12.0. The molecular weight excluding hydrogens is 292 g/mol. The molecule has 1 aliphatic rings. The number of ether oxygens (including phenoxy) is 1. The highest BCUT2D eigenvalue weighted by Crippen LogP contribution is 2.14. The van der Waals surface area contributed by atoms with Crippen LogP contribution in [-0.4, -0.2) is 37.4 Å². The van der Waals surface area contributed by atoms with Crippen molar-refractivity contribution in [2.24, 2.45) is 5.92 Å². The molecule has 0 aliphatic carbocycles. The molecule has 126 valence electrons. The number of hydrogen-bond donors (Lipinski definition) is 2. The van der Waals surface area contributed by atoms with Crippen LogP contribution >= 0.6 is 0 Å². The Morgan fingerprint density at radius 3 is 2.70 bits per heavy atom. The number of ketones is 1. The largest absolute Gasteiger partial charge is 0.494 e. The van der Waals surface area contributed by atoms with Gasteiger partial charge in [0.1, 0.15) is 5.75 Å². The van der Waals surface area contributed by atoms with E-state index in [0.717, 1.165) is 25.3 Å². The Kier molecular flexibility index (Phi) is 6.59. The first-order chi connectivity index (χ1) is 11.1. The number of carbonyl (C=O) groups is 2. The zero-order valence-electron chi connectivity index (χ0n) is 13.9. The Labute approximate surface area is 137 Å². The standard InChI is InChI=1S/C18H26N2O3/c1-13-9-10-19-12-17(13)20-18(22)4-3-11-23-16-7-5-15(6-8-16)14(2)21/h5-8,13,17,19H,3-4,9-12H2,1-2H3,(H,20,22). The van der Waals surface area contributed by atoms with Gasteiger partial charge in [0, 0.05) is 24.6 Å². The molecule has 0 bridgehead atoms. The van der Waals surface area contributed by atoms with Gasteiger partial charge < -0.3 is 15.4 Å². The van der Waals surface area contributed by atoms with Gasteiger partial charge in [0.2, 0.25) is 5.91 Å². The van der Waals surface area contributed by atoms with Crippen molar-refractivity contribution >= 4 is 11.7 Å². The lowest BCUT2D eigenvalue weighted by Crippen LogP contribution is -2.50. The maximum Gasteiger partial charge on any atom is 0.220 e. The predicted octanol–water partition coefficient (Wildman–Crippen LogP) is 2.16. The van der Waals surface area contributed by atoms with Crippen LogP contribution in [0.4, 0.5) is 0 Å². The van der Waals surface area contributed by atoms with Crippen LogP contribution < -0.4 is 15.4 Å². The highest BCUT2D eigenvalue weighted by Gasteiger charge is 2.22. The van der Waals surface area contributed by atoms with Crippen molar-refractivity contribution in [3.63, 3.8) is 0 Å². The molecule has 1 fully saturated rings. The molecule has 0 saturated carbocycles. The summed E-state index contributed by atoms with van der Waals surface area (Å²) in [7, 11) is 0. The third-order valence-corrected chi connectivity index (χ3v) is 4.25. The van der Waals surface area contributed by atoms with Crippen molar-refractivity contribution in [3.8, 4) is 5.75 Å². The van der Waals surface area contributed by atoms with Crippen molar-refractivity contribution in [2.75, 3.05) is 19.7 Å². The van der Waals surface area contributed by atoms with Gasteiger partial charge in [-0.25, -0.2) is 0 Å². The average Bonchev–Trinajstić information content (AvgIpc) is 2.54. The summed E-state index contributed by atoms with van der Waals surface area (Å²) in [5.41, 5.74) is 0.673. The van der Waals surface area contributed by atoms with E-state index in [2.05, 4.69) is 17.6 Å². The second-order valence-corrected chi connectivity index (χ2v) is 6.18. The van der Waals surface area contributed by atoms with Gasteiger partial charge in [-0.3, -0.25) is 9.59 Å². The van der Waals surface area contributed by atoms with Gasteiger partial charge in [-0.15, -0.1) is 0 Å². The van der Waals surface area contributed by atoms with E-state index in [1.165, 1.54) is 6.92 Å². The zero-order valence-corrected chi connectivity index (χ0v) is 13.9. The lowest BCUT2D eigenvalue weighted by atomic mass is 9.95. The Morgan fingerprint density at radius 2 is 2.04 bits per heavy atom. The van der Waals surface area contributed by atoms with Gasteiger partial charge in [-0.05, 0) is 56.5 Å². The quantitative estimate of drug-likeness (QED) is 0.597. The molecule has 1 aliphatic heterocycles. The third kappa shape index (κ3) is 5.67. The molecule has 1 saturated heterocycles. The van der Waals surface area contributed by atoms with Gasteiger partial charge in [-0.2, -0.15) is 0 Å². The van der Waals surface area contributed by atoms with Crippen LogP contribution in [0.5, 0.6) is 5.75 Å². The first kappa shape index (κ1) is 17.5. The number of benzene rings is 1. The molecule has 1 heterocycles. The minimum Gasteiger partial charge on any atom is -0.494 e. The summed E-state index contributed by atoms with van der Waals surface area (Å²) < 4.78 is 5.60. The summed E-state index contributed by atoms with van der Waals surface area (Å²) in [5, 5.41) is 6.40. The van der Waals surface area contributed by atoms with E-state index < -0.39 is 0 Å². The molecule has 2 atom stereocenters. The van der Waals surface area contributed by atoms with E-state index in [9.17, 15) is 9.59 Å². The number of hydrogen-bond acceptors (Lipinski definition) is 4. The molecule has 23 heavy (non-hydrogen) atoms. The second kappa shape index (κ2) is 8.67. The predicted molar refractivity (Wildman–Crippen MR) is 89.8 cm³/mol. The SMILES string of the molecule is CC(=O)c1ccc(OCCCC(=O)NC2CNCCC2C)cc1. The van der Waals surface area contributed by atoms with Crippen LogP contribution in [0.3, 0.4) is 0 Å². The Hall–Kier alpha value is -1.88. The summed E-state index contributed by atoms with van der Waals surface area (Å²) in [4.78, 5) is 23.1. The second-order valence-electron chi connectivity index (χ2n) is 6.18. The van der Waals surface area contributed by atoms with Crippen molar-refractivity contribution < 1.29 is 14.3 Å². The number of Topliss-reactive ketones (excluding diaryl/α,β-unsaturated/α-hetero) is 1. The highest BCUT2D eigenvalue weighted by molar-refractivity contribution is 5.94. The fourth-order valence-corrected chi connectivity index (χ4v) is 2.67. The van der Waals surface area contributed by atoms with Gasteiger partial charge in [0.25, 0.3) is 0 Å². The molecule has 1 amide bonds. The third-order valence-electron chi connectivity index (χ3n) is 4.25. The minimum atomic E-state index is 0.0413. The normalized spacial score (nSPS) is 20.8. The lowest BCUT2D eigenvalue weighted by Gasteiger charge is -2.30. The van der Waals surface area contributed by atoms with Crippen LogP contribution in [0.1, 0.15) is 43.5 Å². The molecule has 1 aromatic rings. The number of piperidine rings is 1. The monoisotopic (exact) mass is 318 g/mol. The maximum absolute atomic E-state index is 12.0. The smallest absolute Gasteiger partial charge is 0.220 e. The fraction of sp³-hybridized carbons (Fsp3) is 0.556. The number of carbonyl (C=O) groups excluding carboxylic acids is 2. The Morgan fingerprint density at radius 1 is 1.30 bits per heavy atom. The van der Waals surface area contributed by atoms with Gasteiger partial charge in [-0.1, -0.05) is 6.92 Å². The number of rotatable bonds is 7. The topological polar surface area (TPSA) is 67.4 Å². The van der Waals surface area contributed by atoms with Crippen molar-refractivity contribution in [1.29, 1.82) is 0 Å². The molecule has 0 radical (unpaired) electrons. The van der Waals surface area contributed by atoms with Crippen LogP contribution in [-0.2, 0) is 4.79 Å². The van der Waals surface area contributed by atoms with Crippen LogP contribution in [0.25, 0.3) is 0 Å². The van der Waals surface area contributed by atoms with Gasteiger partial charge >= 0.3 is 0 Å². The summed E-state index contributed by atoms with van der Waals surface area (Å²) in [6.07, 6.45) is 2.24. The van der Waals surface area contributed by atoms with Crippen molar-refractivity contribution in [3.05, 3.63) is 29.8 Å². The van der Waals surface area contributed by atoms with Gasteiger partial charge in [0.05, 0.1) is 6.61 Å². The summed E-state index contributed by atoms with van der Waals surface area (Å²) in [6.45, 7) is 6.10. The average molecular weight is 318 g/mol. The molecule has 5 nitrogen and oxygen atoms in total. The Balaban J connectivity index is 1.64. The van der Waals surface area contributed by atoms with E-state index in [-0.39, 0.29) is 17.7 Å². The van der Waals surface area contributed by atoms with E-state index in [4.69, 9.17) is 4.74 Å². The highest BCUT2D eigenvalue weighted by atomic mass is 16.5. The number of amides is 1. The molecule has 2 rings (SSSR count). The summed E-state index contributed by atoms with van der Waals surface area (Å²) >= 11 is 0. The zero-order chi connectivity index (χ0) is 16.7. The van der Waals surface area contributed by atoms with Crippen LogP contribution in [0.2, 0.25) is 0 Å². The van der Waals surface area contributed by atoms with E-state index in [1.807, 2.05) is 0 Å². The van der Waals surface area contributed by atoms with Crippen LogP contribution in [0.15, 0.2) is 24.3 Å². The minimum absolute atomic E-state index is 0.0413. The molecule has 1 aromatic carbocycles. The first-order valence-electron chi connectivity index (χ1n) is 8.30. The summed E-state index contributed by atoms with van der Waals surface area (Å²) in [6, 6.07) is 7.30. The van der Waals surface area contributed by atoms with Gasteiger partial charge in [0.15, 0.2) is 5.78 Å². The Bertz CT molecular complexity index is 528. The molecule has 0 aromatic heterocycles. The van der Waals surface area contributed by atoms with E-state index in [0.29, 0.717) is 30.9 Å². The lowest BCUT2D eigenvalue weighted by molar-refractivity contribution is -0.122. The number of nitrogens with one attached hydrogen (secondary N) is 2. The molecule has 5 heteroatoms. The van der Waals surface area contributed by atoms with Crippen molar-refractivity contribution in [1.82, 2.24) is 10.6 Å². The molecule has 2 N–H and O–H groups in total. The summed E-state index contributed by atoms with van der Waals surface area (Å²) in [5.74, 6) is 1.37. The first-order valence-corrected chi connectivity index (χ1v) is 8.30. The van der Waals surface area contributed by atoms with E-state index in [1.54, 1.807) is 24.3 Å². The molecule has 0 spiro atoms. The van der Waals surface area contributed by atoms with E-state index >= 15 is 0 Å². The fourth-order valence-electron chi connectivity index (χ4n) is 2.67. The molecule has 2 unspecified atom stereocenters.